The molecule has 76 valence electrons. The van der Waals surface area contributed by atoms with Crippen molar-refractivity contribution in [2.75, 3.05) is 19.0 Å². The Morgan fingerprint density at radius 2 is 2.31 bits per heavy atom. The topological polar surface area (TPSA) is 20.3 Å². The molecule has 0 aliphatic carbocycles. The minimum Gasteiger partial charge on any atom is -0.342 e. The molecule has 2 nitrogen and oxygen atoms in total. The van der Waals surface area contributed by atoms with Crippen LogP contribution in [0.3, 0.4) is 0 Å². The van der Waals surface area contributed by atoms with Crippen LogP contribution in [-0.2, 0) is 4.79 Å². The van der Waals surface area contributed by atoms with Crippen molar-refractivity contribution in [1.82, 2.24) is 4.90 Å². The van der Waals surface area contributed by atoms with E-state index in [0.29, 0.717) is 11.8 Å². The molecule has 1 fully saturated rings. The molecule has 0 aromatic rings. The normalized spacial score (nSPS) is 23.7. The summed E-state index contributed by atoms with van der Waals surface area (Å²) in [5.41, 5.74) is 0. The first-order valence-electron chi connectivity index (χ1n) is 5.00. The number of hydrogen-bond acceptors (Lipinski definition) is 1. The fraction of sp³-hybridized carbons (Fsp3) is 0.900. The Balaban J connectivity index is 2.46. The van der Waals surface area contributed by atoms with Crippen molar-refractivity contribution in [2.45, 2.75) is 26.7 Å². The molecule has 0 bridgehead atoms. The summed E-state index contributed by atoms with van der Waals surface area (Å²) in [5.74, 6) is 1.59. The average Bonchev–Trinajstić information content (AvgIpc) is 2.16. The molecule has 1 aliphatic rings. The standard InChI is InChI=1S/C10H18ClNO/c1-8(2)10(13)12-5-3-4-9(6-11)7-12/h8-9H,3-7H2,1-2H3. The summed E-state index contributed by atoms with van der Waals surface area (Å²) in [5, 5.41) is 0. The zero-order valence-corrected chi connectivity index (χ0v) is 9.18. The van der Waals surface area contributed by atoms with Gasteiger partial charge in [0.1, 0.15) is 0 Å². The van der Waals surface area contributed by atoms with Gasteiger partial charge < -0.3 is 4.90 Å². The molecule has 0 radical (unpaired) electrons. The first-order valence-corrected chi connectivity index (χ1v) is 5.53. The van der Waals surface area contributed by atoms with E-state index in [1.165, 1.54) is 6.42 Å². The van der Waals surface area contributed by atoms with Crippen LogP contribution in [0.1, 0.15) is 26.7 Å². The summed E-state index contributed by atoms with van der Waals surface area (Å²) in [6, 6.07) is 0. The van der Waals surface area contributed by atoms with Gasteiger partial charge >= 0.3 is 0 Å². The molecule has 1 amide bonds. The van der Waals surface area contributed by atoms with Gasteiger partial charge in [0, 0.05) is 24.9 Å². The number of rotatable bonds is 2. The molecule has 0 spiro atoms. The van der Waals surface area contributed by atoms with Crippen molar-refractivity contribution < 1.29 is 4.79 Å². The quantitative estimate of drug-likeness (QED) is 0.630. The lowest BCUT2D eigenvalue weighted by Crippen LogP contribution is -2.42. The minimum atomic E-state index is 0.120. The van der Waals surface area contributed by atoms with Crippen LogP contribution in [0.2, 0.25) is 0 Å². The van der Waals surface area contributed by atoms with Gasteiger partial charge in [-0.3, -0.25) is 4.79 Å². The summed E-state index contributed by atoms with van der Waals surface area (Å²) in [4.78, 5) is 13.6. The molecule has 1 atom stereocenters. The number of amides is 1. The summed E-state index contributed by atoms with van der Waals surface area (Å²) < 4.78 is 0. The molecule has 13 heavy (non-hydrogen) atoms. The second-order valence-corrected chi connectivity index (χ2v) is 4.41. The first-order chi connectivity index (χ1) is 6.15. The zero-order valence-electron chi connectivity index (χ0n) is 8.42. The Hall–Kier alpha value is -0.240. The molecular weight excluding hydrogens is 186 g/mol. The number of alkyl halides is 1. The van der Waals surface area contributed by atoms with E-state index in [9.17, 15) is 4.79 Å². The number of nitrogens with zero attached hydrogens (tertiary/aromatic N) is 1. The smallest absolute Gasteiger partial charge is 0.225 e. The predicted molar refractivity (Wildman–Crippen MR) is 54.9 cm³/mol. The van der Waals surface area contributed by atoms with E-state index >= 15 is 0 Å². The van der Waals surface area contributed by atoms with E-state index in [1.807, 2.05) is 18.7 Å². The number of halogens is 1. The first kappa shape index (κ1) is 10.8. The van der Waals surface area contributed by atoms with Gasteiger partial charge in [-0.15, -0.1) is 11.6 Å². The Morgan fingerprint density at radius 3 is 2.85 bits per heavy atom. The second kappa shape index (κ2) is 4.85. The van der Waals surface area contributed by atoms with E-state index in [-0.39, 0.29) is 11.8 Å². The minimum absolute atomic E-state index is 0.120. The van der Waals surface area contributed by atoms with Crippen LogP contribution in [0.25, 0.3) is 0 Å². The van der Waals surface area contributed by atoms with E-state index < -0.39 is 0 Å². The van der Waals surface area contributed by atoms with Crippen molar-refractivity contribution in [3.63, 3.8) is 0 Å². The van der Waals surface area contributed by atoms with Crippen LogP contribution in [0.4, 0.5) is 0 Å². The highest BCUT2D eigenvalue weighted by Crippen LogP contribution is 2.18. The largest absolute Gasteiger partial charge is 0.342 e. The maximum absolute atomic E-state index is 11.6. The number of piperidine rings is 1. The van der Waals surface area contributed by atoms with Crippen LogP contribution in [-0.4, -0.2) is 29.8 Å². The van der Waals surface area contributed by atoms with Gasteiger partial charge in [0.2, 0.25) is 5.91 Å². The SMILES string of the molecule is CC(C)C(=O)N1CCCC(CCl)C1. The monoisotopic (exact) mass is 203 g/mol. The summed E-state index contributed by atoms with van der Waals surface area (Å²) >= 11 is 5.79. The fourth-order valence-corrected chi connectivity index (χ4v) is 2.01. The van der Waals surface area contributed by atoms with E-state index in [2.05, 4.69) is 0 Å². The summed E-state index contributed by atoms with van der Waals surface area (Å²) in [7, 11) is 0. The third kappa shape index (κ3) is 2.87. The van der Waals surface area contributed by atoms with Gasteiger partial charge in [0.05, 0.1) is 0 Å². The van der Waals surface area contributed by atoms with E-state index in [0.717, 1.165) is 19.5 Å². The van der Waals surface area contributed by atoms with E-state index in [4.69, 9.17) is 11.6 Å². The highest BCUT2D eigenvalue weighted by Gasteiger charge is 2.24. The maximum Gasteiger partial charge on any atom is 0.225 e. The zero-order chi connectivity index (χ0) is 9.84. The molecule has 1 heterocycles. The van der Waals surface area contributed by atoms with Gasteiger partial charge in [-0.1, -0.05) is 13.8 Å². The van der Waals surface area contributed by atoms with Crippen molar-refractivity contribution in [1.29, 1.82) is 0 Å². The van der Waals surface area contributed by atoms with Crippen LogP contribution in [0, 0.1) is 11.8 Å². The highest BCUT2D eigenvalue weighted by atomic mass is 35.5. The molecule has 1 rings (SSSR count). The molecule has 0 N–H and O–H groups in total. The molecule has 3 heteroatoms. The van der Waals surface area contributed by atoms with Crippen molar-refractivity contribution in [3.05, 3.63) is 0 Å². The number of likely N-dealkylation sites (tertiary alicyclic amines) is 1. The van der Waals surface area contributed by atoms with Gasteiger partial charge in [-0.25, -0.2) is 0 Å². The van der Waals surface area contributed by atoms with Crippen LogP contribution >= 0.6 is 11.6 Å². The Labute approximate surface area is 85.2 Å². The average molecular weight is 204 g/mol. The van der Waals surface area contributed by atoms with Gasteiger partial charge in [0.25, 0.3) is 0 Å². The fourth-order valence-electron chi connectivity index (χ4n) is 1.76. The van der Waals surface area contributed by atoms with Gasteiger partial charge in [-0.2, -0.15) is 0 Å². The van der Waals surface area contributed by atoms with Crippen LogP contribution < -0.4 is 0 Å². The number of carbonyl (C=O) groups excluding carboxylic acids is 1. The molecule has 0 aromatic heterocycles. The third-order valence-corrected chi connectivity index (χ3v) is 2.98. The Kier molecular flexibility index (Phi) is 4.04. The lowest BCUT2D eigenvalue weighted by molar-refractivity contribution is -0.136. The predicted octanol–water partition coefficient (Wildman–Crippen LogP) is 2.12. The molecule has 1 unspecified atom stereocenters. The van der Waals surface area contributed by atoms with Crippen molar-refractivity contribution >= 4 is 17.5 Å². The molecule has 0 aromatic carbocycles. The van der Waals surface area contributed by atoms with Gasteiger partial charge in [0.15, 0.2) is 0 Å². The molecular formula is C10H18ClNO. The third-order valence-electron chi connectivity index (χ3n) is 2.54. The molecule has 1 aliphatic heterocycles. The van der Waals surface area contributed by atoms with E-state index in [1.54, 1.807) is 0 Å². The van der Waals surface area contributed by atoms with Crippen LogP contribution in [0.15, 0.2) is 0 Å². The summed E-state index contributed by atoms with van der Waals surface area (Å²) in [6.45, 7) is 5.68. The second-order valence-electron chi connectivity index (χ2n) is 4.10. The van der Waals surface area contributed by atoms with Gasteiger partial charge in [-0.05, 0) is 18.8 Å². The number of carbonyl (C=O) groups is 1. The Bertz CT molecular complexity index is 182. The number of hydrogen-bond donors (Lipinski definition) is 0. The van der Waals surface area contributed by atoms with Crippen molar-refractivity contribution in [2.24, 2.45) is 11.8 Å². The lowest BCUT2D eigenvalue weighted by atomic mass is 9.99. The van der Waals surface area contributed by atoms with Crippen molar-refractivity contribution in [3.8, 4) is 0 Å². The maximum atomic E-state index is 11.6. The lowest BCUT2D eigenvalue weighted by Gasteiger charge is -2.32. The summed E-state index contributed by atoms with van der Waals surface area (Å²) in [6.07, 6.45) is 2.28. The molecule has 1 saturated heterocycles. The Morgan fingerprint density at radius 1 is 1.62 bits per heavy atom. The molecule has 0 saturated carbocycles. The van der Waals surface area contributed by atoms with Crippen LogP contribution in [0.5, 0.6) is 0 Å². The highest BCUT2D eigenvalue weighted by molar-refractivity contribution is 6.18.